The van der Waals surface area contributed by atoms with E-state index >= 15 is 0 Å². The number of benzene rings is 2. The molecular formula is C24H32N2O4S. The monoisotopic (exact) mass is 444 g/mol. The van der Waals surface area contributed by atoms with Gasteiger partial charge in [-0.05, 0) is 74.4 Å². The fraction of sp³-hybridized carbons (Fsp3) is 0.458. The van der Waals surface area contributed by atoms with Crippen molar-refractivity contribution < 1.29 is 17.9 Å². The van der Waals surface area contributed by atoms with Crippen LogP contribution in [-0.4, -0.2) is 45.0 Å². The molecule has 0 saturated carbocycles. The highest BCUT2D eigenvalue weighted by atomic mass is 32.2. The molecule has 168 valence electrons. The number of hydrogen-bond donors (Lipinski definition) is 1. The van der Waals surface area contributed by atoms with Gasteiger partial charge >= 0.3 is 0 Å². The fourth-order valence-electron chi connectivity index (χ4n) is 3.81. The Morgan fingerprint density at radius 2 is 1.65 bits per heavy atom. The van der Waals surface area contributed by atoms with Crippen LogP contribution in [0.1, 0.15) is 42.0 Å². The predicted octanol–water partition coefficient (Wildman–Crippen LogP) is 3.52. The number of carbonyl (C=O) groups excluding carboxylic acids is 1. The summed E-state index contributed by atoms with van der Waals surface area (Å²) >= 11 is 0. The summed E-state index contributed by atoms with van der Waals surface area (Å²) in [6.45, 7) is 9.03. The van der Waals surface area contributed by atoms with E-state index in [4.69, 9.17) is 4.74 Å². The van der Waals surface area contributed by atoms with Crippen molar-refractivity contribution in [3.8, 4) is 5.75 Å². The third-order valence-corrected chi connectivity index (χ3v) is 7.56. The highest BCUT2D eigenvalue weighted by molar-refractivity contribution is 7.89. The third kappa shape index (κ3) is 5.66. The summed E-state index contributed by atoms with van der Waals surface area (Å²) in [5, 5.41) is 0. The van der Waals surface area contributed by atoms with Crippen LogP contribution in [0, 0.1) is 20.8 Å². The molecule has 2 aromatic carbocycles. The maximum atomic E-state index is 12.7. The maximum absolute atomic E-state index is 12.7. The van der Waals surface area contributed by atoms with Gasteiger partial charge in [-0.15, -0.1) is 0 Å². The molecule has 2 aromatic rings. The number of ether oxygens (including phenoxy) is 1. The summed E-state index contributed by atoms with van der Waals surface area (Å²) in [4.78, 5) is 14.6. The molecule has 0 aliphatic carbocycles. The molecule has 1 aliphatic heterocycles. The molecule has 1 heterocycles. The number of amides is 1. The highest BCUT2D eigenvalue weighted by Crippen LogP contribution is 2.26. The predicted molar refractivity (Wildman–Crippen MR) is 122 cm³/mol. The summed E-state index contributed by atoms with van der Waals surface area (Å²) in [6, 6.07) is 10.8. The number of nitrogens with one attached hydrogen (secondary N) is 1. The molecule has 0 atom stereocenters. The Morgan fingerprint density at radius 3 is 2.26 bits per heavy atom. The summed E-state index contributed by atoms with van der Waals surface area (Å²) in [5.74, 6) is 0.696. The number of aryl methyl sites for hydroxylation is 3. The van der Waals surface area contributed by atoms with Crippen LogP contribution >= 0.6 is 0 Å². The van der Waals surface area contributed by atoms with Gasteiger partial charge in [0.1, 0.15) is 5.75 Å². The van der Waals surface area contributed by atoms with Gasteiger partial charge < -0.3 is 9.64 Å². The lowest BCUT2D eigenvalue weighted by Gasteiger charge is -2.32. The molecule has 3 rings (SSSR count). The molecule has 1 aliphatic rings. The van der Waals surface area contributed by atoms with Gasteiger partial charge in [0, 0.05) is 19.1 Å². The van der Waals surface area contributed by atoms with Gasteiger partial charge in [-0.1, -0.05) is 31.2 Å². The van der Waals surface area contributed by atoms with Crippen LogP contribution < -0.4 is 9.46 Å². The molecule has 0 radical (unpaired) electrons. The Hall–Kier alpha value is -2.38. The topological polar surface area (TPSA) is 75.7 Å². The lowest BCUT2D eigenvalue weighted by Crippen LogP contribution is -2.47. The van der Waals surface area contributed by atoms with E-state index in [0.717, 1.165) is 34.4 Å². The molecule has 6 nitrogen and oxygen atoms in total. The molecule has 31 heavy (non-hydrogen) atoms. The van der Waals surface area contributed by atoms with Crippen LogP contribution in [0.5, 0.6) is 5.75 Å². The zero-order chi connectivity index (χ0) is 22.6. The second-order valence-electron chi connectivity index (χ2n) is 8.22. The molecule has 0 unspecified atom stereocenters. The first kappa shape index (κ1) is 23.3. The van der Waals surface area contributed by atoms with Gasteiger partial charge in [0.25, 0.3) is 5.91 Å². The molecule has 1 N–H and O–H groups in total. The second-order valence-corrected chi connectivity index (χ2v) is 9.93. The van der Waals surface area contributed by atoms with Crippen molar-refractivity contribution in [3.63, 3.8) is 0 Å². The largest absolute Gasteiger partial charge is 0.483 e. The van der Waals surface area contributed by atoms with Crippen LogP contribution in [0.4, 0.5) is 0 Å². The van der Waals surface area contributed by atoms with E-state index in [1.807, 2.05) is 52.0 Å². The number of nitrogens with zero attached hydrogens (tertiary/aromatic N) is 1. The molecule has 1 amide bonds. The molecule has 0 aromatic heterocycles. The Bertz CT molecular complexity index is 1020. The van der Waals surface area contributed by atoms with E-state index in [0.29, 0.717) is 25.9 Å². The van der Waals surface area contributed by atoms with Crippen molar-refractivity contribution in [1.82, 2.24) is 9.62 Å². The van der Waals surface area contributed by atoms with Gasteiger partial charge in [-0.2, -0.15) is 0 Å². The minimum Gasteiger partial charge on any atom is -0.483 e. The lowest BCUT2D eigenvalue weighted by molar-refractivity contribution is -0.134. The van der Waals surface area contributed by atoms with Crippen LogP contribution in [0.3, 0.4) is 0 Å². The SMILES string of the molecule is CCc1ccc(S(=O)(=O)NC2CCN(C(=O)COc3c(C)ccc(C)c3C)CC2)cc1. The number of rotatable bonds is 7. The van der Waals surface area contributed by atoms with Crippen molar-refractivity contribution in [2.24, 2.45) is 0 Å². The Balaban J connectivity index is 1.52. The van der Waals surface area contributed by atoms with Crippen LogP contribution in [0.15, 0.2) is 41.3 Å². The summed E-state index contributed by atoms with van der Waals surface area (Å²) in [6.07, 6.45) is 2.04. The highest BCUT2D eigenvalue weighted by Gasteiger charge is 2.27. The standard InChI is InChI=1S/C24H32N2O4S/c1-5-20-8-10-22(11-9-20)31(28,29)25-21-12-14-26(15-13-21)23(27)16-30-24-18(3)7-6-17(2)19(24)4/h6-11,21,25H,5,12-16H2,1-4H3. The van der Waals surface area contributed by atoms with Crippen molar-refractivity contribution in [2.75, 3.05) is 19.7 Å². The summed E-state index contributed by atoms with van der Waals surface area (Å²) in [7, 11) is -3.56. The molecule has 1 fully saturated rings. The molecule has 0 spiro atoms. The first-order valence-electron chi connectivity index (χ1n) is 10.8. The lowest BCUT2D eigenvalue weighted by atomic mass is 10.1. The van der Waals surface area contributed by atoms with Crippen molar-refractivity contribution in [2.45, 2.75) is 57.9 Å². The van der Waals surface area contributed by atoms with Crippen molar-refractivity contribution in [3.05, 3.63) is 58.7 Å². The van der Waals surface area contributed by atoms with E-state index in [-0.39, 0.29) is 23.5 Å². The zero-order valence-corrected chi connectivity index (χ0v) is 19.6. The van der Waals surface area contributed by atoms with E-state index in [1.165, 1.54) is 0 Å². The normalized spacial score (nSPS) is 15.2. The Labute approximate surface area is 185 Å². The van der Waals surface area contributed by atoms with Crippen molar-refractivity contribution >= 4 is 15.9 Å². The minimum absolute atomic E-state index is 0.00863. The van der Waals surface area contributed by atoms with Gasteiger partial charge in [0.2, 0.25) is 10.0 Å². The van der Waals surface area contributed by atoms with E-state index in [9.17, 15) is 13.2 Å². The number of sulfonamides is 1. The number of piperidine rings is 1. The first-order valence-corrected chi connectivity index (χ1v) is 12.3. The van der Waals surface area contributed by atoms with Gasteiger partial charge in [0.15, 0.2) is 6.61 Å². The smallest absolute Gasteiger partial charge is 0.260 e. The molecule has 0 bridgehead atoms. The maximum Gasteiger partial charge on any atom is 0.260 e. The third-order valence-electron chi connectivity index (χ3n) is 6.02. The van der Waals surface area contributed by atoms with E-state index in [1.54, 1.807) is 17.0 Å². The minimum atomic E-state index is -3.56. The average molecular weight is 445 g/mol. The molecule has 1 saturated heterocycles. The number of hydrogen-bond acceptors (Lipinski definition) is 4. The summed E-state index contributed by atoms with van der Waals surface area (Å²) < 4.78 is 33.9. The second kappa shape index (κ2) is 9.83. The van der Waals surface area contributed by atoms with Crippen LogP contribution in [0.2, 0.25) is 0 Å². The van der Waals surface area contributed by atoms with Crippen LogP contribution in [0.25, 0.3) is 0 Å². The van der Waals surface area contributed by atoms with E-state index in [2.05, 4.69) is 4.72 Å². The Morgan fingerprint density at radius 1 is 1.03 bits per heavy atom. The molecule has 7 heteroatoms. The average Bonchev–Trinajstić information content (AvgIpc) is 2.76. The fourth-order valence-corrected chi connectivity index (χ4v) is 5.12. The summed E-state index contributed by atoms with van der Waals surface area (Å²) in [5.41, 5.74) is 4.29. The number of carbonyl (C=O) groups is 1. The van der Waals surface area contributed by atoms with Crippen molar-refractivity contribution in [1.29, 1.82) is 0 Å². The van der Waals surface area contributed by atoms with E-state index < -0.39 is 10.0 Å². The first-order chi connectivity index (χ1) is 14.7. The number of likely N-dealkylation sites (tertiary alicyclic amines) is 1. The van der Waals surface area contributed by atoms with Crippen LogP contribution in [-0.2, 0) is 21.2 Å². The van der Waals surface area contributed by atoms with Gasteiger partial charge in [-0.25, -0.2) is 13.1 Å². The quantitative estimate of drug-likeness (QED) is 0.709. The zero-order valence-electron chi connectivity index (χ0n) is 18.8. The van der Waals surface area contributed by atoms with Gasteiger partial charge in [0.05, 0.1) is 4.90 Å². The Kier molecular flexibility index (Phi) is 7.38. The van der Waals surface area contributed by atoms with Gasteiger partial charge in [-0.3, -0.25) is 4.79 Å². The molecular weight excluding hydrogens is 412 g/mol.